The van der Waals surface area contributed by atoms with Crippen LogP contribution in [0.1, 0.15) is 40.5 Å². The summed E-state index contributed by atoms with van der Waals surface area (Å²) in [5.74, 6) is 0.206. The number of nitrogens with zero attached hydrogens (tertiary/aromatic N) is 1. The van der Waals surface area contributed by atoms with Crippen molar-refractivity contribution < 1.29 is 13.2 Å². The highest BCUT2D eigenvalue weighted by Crippen LogP contribution is 2.06. The monoisotopic (exact) mass is 312 g/mol. The van der Waals surface area contributed by atoms with E-state index in [0.717, 1.165) is 0 Å². The summed E-state index contributed by atoms with van der Waals surface area (Å²) in [4.78, 5) is 11.8. The molecule has 0 radical (unpaired) electrons. The van der Waals surface area contributed by atoms with Crippen LogP contribution < -0.4 is 5.32 Å². The first-order chi connectivity index (χ1) is 8.62. The van der Waals surface area contributed by atoms with Crippen LogP contribution in [0.4, 0.5) is 0 Å². The minimum absolute atomic E-state index is 0.0381. The van der Waals surface area contributed by atoms with E-state index in [0.29, 0.717) is 25.3 Å². The van der Waals surface area contributed by atoms with Gasteiger partial charge in [0, 0.05) is 18.0 Å². The lowest BCUT2D eigenvalue weighted by Crippen LogP contribution is -2.47. The molecule has 0 aromatic rings. The standard InChI is InChI=1S/C12H25ClN2O3S/c1-5-15(10-11(16)14-12(2,3)4)19(17,18)9-7-6-8-13/h5-10H2,1-4H3,(H,14,16). The zero-order chi connectivity index (χ0) is 15.1. The smallest absolute Gasteiger partial charge is 0.235 e. The van der Waals surface area contributed by atoms with Crippen LogP contribution in [-0.2, 0) is 14.8 Å². The number of halogens is 1. The molecule has 1 N–H and O–H groups in total. The van der Waals surface area contributed by atoms with E-state index in [4.69, 9.17) is 11.6 Å². The molecule has 0 aromatic heterocycles. The zero-order valence-electron chi connectivity index (χ0n) is 12.2. The largest absolute Gasteiger partial charge is 0.350 e. The zero-order valence-corrected chi connectivity index (χ0v) is 13.8. The van der Waals surface area contributed by atoms with Gasteiger partial charge in [-0.15, -0.1) is 11.6 Å². The van der Waals surface area contributed by atoms with E-state index in [-0.39, 0.29) is 23.7 Å². The Bertz CT molecular complexity index is 377. The molecular formula is C12H25ClN2O3S. The van der Waals surface area contributed by atoms with Crippen molar-refractivity contribution in [2.75, 3.05) is 24.7 Å². The number of nitrogens with one attached hydrogen (secondary N) is 1. The molecule has 0 spiro atoms. The van der Waals surface area contributed by atoms with Crippen molar-refractivity contribution in [1.82, 2.24) is 9.62 Å². The summed E-state index contributed by atoms with van der Waals surface area (Å²) in [6.07, 6.45) is 1.18. The van der Waals surface area contributed by atoms with Gasteiger partial charge < -0.3 is 5.32 Å². The fourth-order valence-corrected chi connectivity index (χ4v) is 3.26. The number of likely N-dealkylation sites (N-methyl/N-ethyl adjacent to an activating group) is 1. The second kappa shape index (κ2) is 8.07. The first-order valence-corrected chi connectivity index (χ1v) is 8.61. The molecule has 0 bridgehead atoms. The lowest BCUT2D eigenvalue weighted by atomic mass is 10.1. The number of sulfonamides is 1. The molecule has 0 saturated carbocycles. The van der Waals surface area contributed by atoms with Gasteiger partial charge in [0.1, 0.15) is 0 Å². The summed E-state index contributed by atoms with van der Waals surface area (Å²) in [6.45, 7) is 7.46. The van der Waals surface area contributed by atoms with Crippen LogP contribution >= 0.6 is 11.6 Å². The average Bonchev–Trinajstić information content (AvgIpc) is 2.23. The molecule has 0 atom stereocenters. The van der Waals surface area contributed by atoms with Crippen molar-refractivity contribution in [3.05, 3.63) is 0 Å². The van der Waals surface area contributed by atoms with Gasteiger partial charge in [-0.3, -0.25) is 4.79 Å². The summed E-state index contributed by atoms with van der Waals surface area (Å²) >= 11 is 5.53. The minimum Gasteiger partial charge on any atom is -0.350 e. The first kappa shape index (κ1) is 18.7. The predicted octanol–water partition coefficient (Wildman–Crippen LogP) is 1.57. The molecule has 5 nitrogen and oxygen atoms in total. The Kier molecular flexibility index (Phi) is 7.93. The first-order valence-electron chi connectivity index (χ1n) is 6.47. The quantitative estimate of drug-likeness (QED) is 0.546. The van der Waals surface area contributed by atoms with Gasteiger partial charge in [-0.25, -0.2) is 8.42 Å². The molecule has 0 unspecified atom stereocenters. The van der Waals surface area contributed by atoms with Gasteiger partial charge in [0.15, 0.2) is 0 Å². The van der Waals surface area contributed by atoms with Gasteiger partial charge in [0.2, 0.25) is 15.9 Å². The lowest BCUT2D eigenvalue weighted by Gasteiger charge is -2.24. The normalized spacial score (nSPS) is 12.7. The Morgan fingerprint density at radius 2 is 1.84 bits per heavy atom. The molecule has 0 aliphatic heterocycles. The molecule has 0 fully saturated rings. The van der Waals surface area contributed by atoms with Gasteiger partial charge in [-0.2, -0.15) is 4.31 Å². The highest BCUT2D eigenvalue weighted by molar-refractivity contribution is 7.89. The number of alkyl halides is 1. The van der Waals surface area contributed by atoms with E-state index < -0.39 is 10.0 Å². The Morgan fingerprint density at radius 1 is 1.26 bits per heavy atom. The van der Waals surface area contributed by atoms with Gasteiger partial charge in [0.05, 0.1) is 12.3 Å². The van der Waals surface area contributed by atoms with Crippen LogP contribution in [0.25, 0.3) is 0 Å². The van der Waals surface area contributed by atoms with E-state index in [1.54, 1.807) is 6.92 Å². The molecule has 0 aromatic carbocycles. The van der Waals surface area contributed by atoms with E-state index in [9.17, 15) is 13.2 Å². The number of unbranched alkanes of at least 4 members (excludes halogenated alkanes) is 1. The maximum absolute atomic E-state index is 12.0. The number of hydrogen-bond acceptors (Lipinski definition) is 3. The fraction of sp³-hybridized carbons (Fsp3) is 0.917. The third kappa shape index (κ3) is 8.44. The lowest BCUT2D eigenvalue weighted by molar-refractivity contribution is -0.122. The number of rotatable bonds is 8. The highest BCUT2D eigenvalue weighted by atomic mass is 35.5. The maximum atomic E-state index is 12.0. The Hall–Kier alpha value is -0.330. The van der Waals surface area contributed by atoms with Gasteiger partial charge in [0.25, 0.3) is 0 Å². The van der Waals surface area contributed by atoms with Gasteiger partial charge in [-0.1, -0.05) is 6.92 Å². The predicted molar refractivity (Wildman–Crippen MR) is 78.9 cm³/mol. The summed E-state index contributed by atoms with van der Waals surface area (Å²) in [5.41, 5.74) is -0.362. The number of hydrogen-bond donors (Lipinski definition) is 1. The molecule has 114 valence electrons. The summed E-state index contributed by atoms with van der Waals surface area (Å²) in [6, 6.07) is 0. The van der Waals surface area contributed by atoms with Crippen LogP contribution in [0.2, 0.25) is 0 Å². The van der Waals surface area contributed by atoms with E-state index in [1.165, 1.54) is 4.31 Å². The van der Waals surface area contributed by atoms with Crippen LogP contribution in [-0.4, -0.2) is 48.9 Å². The molecule has 0 heterocycles. The van der Waals surface area contributed by atoms with Crippen molar-refractivity contribution in [2.24, 2.45) is 0 Å². The van der Waals surface area contributed by atoms with E-state index in [2.05, 4.69) is 5.32 Å². The van der Waals surface area contributed by atoms with Crippen molar-refractivity contribution in [3.8, 4) is 0 Å². The van der Waals surface area contributed by atoms with Crippen LogP contribution in [0.5, 0.6) is 0 Å². The average molecular weight is 313 g/mol. The van der Waals surface area contributed by atoms with Gasteiger partial charge >= 0.3 is 0 Å². The molecular weight excluding hydrogens is 288 g/mol. The summed E-state index contributed by atoms with van der Waals surface area (Å²) < 4.78 is 25.3. The van der Waals surface area contributed by atoms with Crippen molar-refractivity contribution in [2.45, 2.75) is 46.1 Å². The van der Waals surface area contributed by atoms with Crippen LogP contribution in [0.15, 0.2) is 0 Å². The van der Waals surface area contributed by atoms with Crippen molar-refractivity contribution in [3.63, 3.8) is 0 Å². The third-order valence-corrected chi connectivity index (χ3v) is 4.61. The molecule has 0 aliphatic carbocycles. The Labute approximate surface area is 121 Å². The minimum atomic E-state index is -3.38. The Balaban J connectivity index is 4.52. The second-order valence-corrected chi connectivity index (χ2v) is 7.90. The molecule has 7 heteroatoms. The summed E-state index contributed by atoms with van der Waals surface area (Å²) in [5, 5.41) is 2.76. The SMILES string of the molecule is CCN(CC(=O)NC(C)(C)C)S(=O)(=O)CCCCCl. The molecule has 0 aliphatic rings. The summed E-state index contributed by atoms with van der Waals surface area (Å²) in [7, 11) is -3.38. The molecule has 1 amide bonds. The number of carbonyl (C=O) groups is 1. The molecule has 19 heavy (non-hydrogen) atoms. The second-order valence-electron chi connectivity index (χ2n) is 5.44. The van der Waals surface area contributed by atoms with E-state index in [1.807, 2.05) is 20.8 Å². The van der Waals surface area contributed by atoms with Crippen molar-refractivity contribution in [1.29, 1.82) is 0 Å². The topological polar surface area (TPSA) is 66.5 Å². The van der Waals surface area contributed by atoms with Gasteiger partial charge in [-0.05, 0) is 33.6 Å². The number of carbonyl (C=O) groups excluding carboxylic acids is 1. The number of amides is 1. The maximum Gasteiger partial charge on any atom is 0.235 e. The fourth-order valence-electron chi connectivity index (χ4n) is 1.53. The van der Waals surface area contributed by atoms with E-state index >= 15 is 0 Å². The van der Waals surface area contributed by atoms with Crippen LogP contribution in [0.3, 0.4) is 0 Å². The molecule has 0 saturated heterocycles. The third-order valence-electron chi connectivity index (χ3n) is 2.37. The highest BCUT2D eigenvalue weighted by Gasteiger charge is 2.24. The van der Waals surface area contributed by atoms with Crippen LogP contribution in [0, 0.1) is 0 Å². The van der Waals surface area contributed by atoms with Crippen molar-refractivity contribution >= 4 is 27.5 Å². The Morgan fingerprint density at radius 3 is 2.26 bits per heavy atom. The molecule has 0 rings (SSSR count).